The van der Waals surface area contributed by atoms with Crippen LogP contribution in [0, 0.1) is 6.92 Å². The molecule has 0 aliphatic heterocycles. The smallest absolute Gasteiger partial charge is 0.311 e. The first kappa shape index (κ1) is 16.5. The van der Waals surface area contributed by atoms with Gasteiger partial charge in [-0.2, -0.15) is 0 Å². The minimum absolute atomic E-state index is 0.0187. The molecule has 20 heavy (non-hydrogen) atoms. The number of carbonyl (C=O) groups excluding carboxylic acids is 2. The topological polar surface area (TPSA) is 61.8 Å². The van der Waals surface area contributed by atoms with E-state index in [1.165, 1.54) is 7.11 Å². The molecule has 5 nitrogen and oxygen atoms in total. The third-order valence-electron chi connectivity index (χ3n) is 2.44. The average Bonchev–Trinajstić information content (AvgIpc) is 2.41. The second-order valence-electron chi connectivity index (χ2n) is 4.10. The number of ether oxygens (including phenoxy) is 3. The molecule has 0 radical (unpaired) electrons. The largest absolute Gasteiger partial charge is 0.463 e. The molecule has 0 aliphatic carbocycles. The van der Waals surface area contributed by atoms with Crippen molar-refractivity contribution in [3.05, 3.63) is 28.8 Å². The summed E-state index contributed by atoms with van der Waals surface area (Å²) in [5.41, 5.74) is 0.816. The molecule has 0 heterocycles. The Morgan fingerprint density at radius 2 is 1.85 bits per heavy atom. The molecule has 0 fully saturated rings. The van der Waals surface area contributed by atoms with Crippen molar-refractivity contribution in [2.45, 2.75) is 19.8 Å². The third-order valence-corrected chi connectivity index (χ3v) is 2.87. The highest BCUT2D eigenvalue weighted by molar-refractivity contribution is 6.31. The van der Waals surface area contributed by atoms with Gasteiger partial charge in [-0.05, 0) is 30.7 Å². The van der Waals surface area contributed by atoms with Gasteiger partial charge in [0.1, 0.15) is 12.4 Å². The van der Waals surface area contributed by atoms with Gasteiger partial charge in [-0.1, -0.05) is 11.6 Å². The van der Waals surface area contributed by atoms with Gasteiger partial charge < -0.3 is 14.2 Å². The van der Waals surface area contributed by atoms with Gasteiger partial charge in [-0.3, -0.25) is 9.59 Å². The molecule has 0 aromatic heterocycles. The molecule has 0 N–H and O–H groups in total. The van der Waals surface area contributed by atoms with E-state index < -0.39 is 11.9 Å². The van der Waals surface area contributed by atoms with Crippen LogP contribution < -0.4 is 4.74 Å². The van der Waals surface area contributed by atoms with Crippen LogP contribution in [0.1, 0.15) is 18.4 Å². The zero-order valence-electron chi connectivity index (χ0n) is 11.5. The number of halogens is 1. The number of esters is 2. The summed E-state index contributed by atoms with van der Waals surface area (Å²) in [6.45, 7) is 2.33. The summed E-state index contributed by atoms with van der Waals surface area (Å²) in [6, 6.07) is 4.92. The maximum Gasteiger partial charge on any atom is 0.311 e. The van der Waals surface area contributed by atoms with E-state index in [1.807, 2.05) is 6.92 Å². The fraction of sp³-hybridized carbons (Fsp3) is 0.429. The highest BCUT2D eigenvalue weighted by Gasteiger charge is 2.10. The standard InChI is InChI=1S/C14H17ClO5/c1-10-9-11(3-4-12(10)15)20-14(17)6-5-13(16)19-8-7-18-2/h3-4,9H,5-8H2,1-2H3. The van der Waals surface area contributed by atoms with Crippen LogP contribution in [0.2, 0.25) is 5.02 Å². The minimum atomic E-state index is -0.490. The normalized spacial score (nSPS) is 10.2. The molecule has 0 atom stereocenters. The van der Waals surface area contributed by atoms with E-state index in [2.05, 4.69) is 0 Å². The Labute approximate surface area is 122 Å². The first-order valence-corrected chi connectivity index (χ1v) is 6.52. The fourth-order valence-electron chi connectivity index (χ4n) is 1.38. The molecule has 1 rings (SSSR count). The molecule has 0 saturated carbocycles. The van der Waals surface area contributed by atoms with Crippen molar-refractivity contribution in [1.82, 2.24) is 0 Å². The number of hydrogen-bond acceptors (Lipinski definition) is 5. The lowest BCUT2D eigenvalue weighted by Gasteiger charge is -2.06. The Bertz CT molecular complexity index is 473. The maximum atomic E-state index is 11.6. The lowest BCUT2D eigenvalue weighted by atomic mass is 10.2. The quantitative estimate of drug-likeness (QED) is 0.440. The second kappa shape index (κ2) is 8.55. The van der Waals surface area contributed by atoms with E-state index >= 15 is 0 Å². The molecule has 1 aromatic carbocycles. The van der Waals surface area contributed by atoms with Crippen molar-refractivity contribution in [3.8, 4) is 5.75 Å². The summed E-state index contributed by atoms with van der Waals surface area (Å²) in [7, 11) is 1.51. The minimum Gasteiger partial charge on any atom is -0.463 e. The summed E-state index contributed by atoms with van der Waals surface area (Å²) in [4.78, 5) is 22.8. The van der Waals surface area contributed by atoms with Crippen molar-refractivity contribution in [3.63, 3.8) is 0 Å². The number of methoxy groups -OCH3 is 1. The zero-order valence-corrected chi connectivity index (χ0v) is 12.2. The molecule has 110 valence electrons. The van der Waals surface area contributed by atoms with E-state index in [-0.39, 0.29) is 19.4 Å². The Morgan fingerprint density at radius 1 is 1.15 bits per heavy atom. The predicted molar refractivity (Wildman–Crippen MR) is 73.9 cm³/mol. The average molecular weight is 301 g/mol. The van der Waals surface area contributed by atoms with E-state index in [1.54, 1.807) is 18.2 Å². The molecular weight excluding hydrogens is 284 g/mol. The number of hydrogen-bond donors (Lipinski definition) is 0. The molecule has 0 amide bonds. The van der Waals surface area contributed by atoms with Crippen molar-refractivity contribution in [2.75, 3.05) is 20.3 Å². The fourth-order valence-corrected chi connectivity index (χ4v) is 1.50. The van der Waals surface area contributed by atoms with Gasteiger partial charge >= 0.3 is 11.9 Å². The van der Waals surface area contributed by atoms with Crippen LogP contribution in [0.3, 0.4) is 0 Å². The predicted octanol–water partition coefficient (Wildman–Crippen LogP) is 2.52. The van der Waals surface area contributed by atoms with Crippen molar-refractivity contribution >= 4 is 23.5 Å². The zero-order chi connectivity index (χ0) is 15.0. The van der Waals surface area contributed by atoms with E-state index in [0.29, 0.717) is 17.4 Å². The van der Waals surface area contributed by atoms with Gasteiger partial charge in [-0.15, -0.1) is 0 Å². The van der Waals surface area contributed by atoms with Gasteiger partial charge in [-0.25, -0.2) is 0 Å². The second-order valence-corrected chi connectivity index (χ2v) is 4.51. The summed E-state index contributed by atoms with van der Waals surface area (Å²) in [6.07, 6.45) is -0.0530. The van der Waals surface area contributed by atoms with Crippen LogP contribution in [0.4, 0.5) is 0 Å². The van der Waals surface area contributed by atoms with Crippen LogP contribution in [-0.2, 0) is 19.1 Å². The van der Waals surface area contributed by atoms with Crippen LogP contribution in [0.25, 0.3) is 0 Å². The van der Waals surface area contributed by atoms with E-state index in [4.69, 9.17) is 25.8 Å². The number of aryl methyl sites for hydroxylation is 1. The Kier molecular flexibility index (Phi) is 7.04. The van der Waals surface area contributed by atoms with Gasteiger partial charge in [0, 0.05) is 12.1 Å². The van der Waals surface area contributed by atoms with Crippen LogP contribution in [-0.4, -0.2) is 32.3 Å². The first-order chi connectivity index (χ1) is 9.52. The highest BCUT2D eigenvalue weighted by atomic mass is 35.5. The van der Waals surface area contributed by atoms with Gasteiger partial charge in [0.2, 0.25) is 0 Å². The molecule has 1 aromatic rings. The molecule has 0 bridgehead atoms. The molecule has 0 aliphatic rings. The van der Waals surface area contributed by atoms with Gasteiger partial charge in [0.15, 0.2) is 0 Å². The summed E-state index contributed by atoms with van der Waals surface area (Å²) in [5, 5.41) is 0.603. The maximum absolute atomic E-state index is 11.6. The number of carbonyl (C=O) groups is 2. The molecule has 6 heteroatoms. The lowest BCUT2D eigenvalue weighted by Crippen LogP contribution is -2.14. The monoisotopic (exact) mass is 300 g/mol. The van der Waals surface area contributed by atoms with E-state index in [9.17, 15) is 9.59 Å². The first-order valence-electron chi connectivity index (χ1n) is 6.14. The van der Waals surface area contributed by atoms with Crippen LogP contribution >= 0.6 is 11.6 Å². The molecule has 0 spiro atoms. The molecular formula is C14H17ClO5. The third kappa shape index (κ3) is 6.04. The Hall–Kier alpha value is -1.59. The summed E-state index contributed by atoms with van der Waals surface area (Å²) < 4.78 is 14.7. The van der Waals surface area contributed by atoms with Crippen molar-refractivity contribution in [2.24, 2.45) is 0 Å². The molecule has 0 saturated heterocycles. The van der Waals surface area contributed by atoms with Crippen LogP contribution in [0.15, 0.2) is 18.2 Å². The lowest BCUT2D eigenvalue weighted by molar-refractivity contribution is -0.147. The SMILES string of the molecule is COCCOC(=O)CCC(=O)Oc1ccc(Cl)c(C)c1. The Morgan fingerprint density at radius 3 is 2.50 bits per heavy atom. The summed E-state index contributed by atoms with van der Waals surface area (Å²) >= 11 is 5.87. The number of benzene rings is 1. The number of rotatable bonds is 7. The Balaban J connectivity index is 2.32. The summed E-state index contributed by atoms with van der Waals surface area (Å²) in [5.74, 6) is -0.536. The van der Waals surface area contributed by atoms with Crippen molar-refractivity contribution in [1.29, 1.82) is 0 Å². The van der Waals surface area contributed by atoms with Gasteiger partial charge in [0.05, 0.1) is 19.4 Å². The van der Waals surface area contributed by atoms with Crippen molar-refractivity contribution < 1.29 is 23.8 Å². The van der Waals surface area contributed by atoms with Gasteiger partial charge in [0.25, 0.3) is 0 Å². The molecule has 0 unspecified atom stereocenters. The van der Waals surface area contributed by atoms with Crippen LogP contribution in [0.5, 0.6) is 5.75 Å². The van der Waals surface area contributed by atoms with E-state index in [0.717, 1.165) is 5.56 Å². The highest BCUT2D eigenvalue weighted by Crippen LogP contribution is 2.21.